The maximum Gasteiger partial charge on any atom is 0.222 e. The van der Waals surface area contributed by atoms with E-state index in [1.807, 2.05) is 18.0 Å². The van der Waals surface area contributed by atoms with Gasteiger partial charge in [-0.05, 0) is 57.3 Å². The van der Waals surface area contributed by atoms with Gasteiger partial charge in [0.05, 0.1) is 15.2 Å². The van der Waals surface area contributed by atoms with Gasteiger partial charge in [-0.15, -0.1) is 36.2 Å². The monoisotopic (exact) mass is 403 g/mol. The minimum atomic E-state index is 0. The molecule has 1 aromatic carbocycles. The molecule has 1 amide bonds. The Morgan fingerprint density at radius 3 is 2.88 bits per heavy atom. The molecule has 3 rings (SSSR count). The Kier molecular flexibility index (Phi) is 9.72. The van der Waals surface area contributed by atoms with Gasteiger partial charge in [0.25, 0.3) is 0 Å². The highest BCUT2D eigenvalue weighted by Crippen LogP contribution is 2.23. The Balaban J connectivity index is 0.00000156. The molecule has 0 saturated carbocycles. The molecule has 1 aliphatic heterocycles. The van der Waals surface area contributed by atoms with E-state index in [0.717, 1.165) is 50.8 Å². The Labute approximate surface area is 166 Å². The zero-order chi connectivity index (χ0) is 16.1. The first kappa shape index (κ1) is 22.2. The van der Waals surface area contributed by atoms with Crippen LogP contribution >= 0.6 is 36.2 Å². The average molecular weight is 404 g/mol. The molecule has 1 atom stereocenters. The van der Waals surface area contributed by atoms with E-state index in [-0.39, 0.29) is 24.8 Å². The Morgan fingerprint density at radius 2 is 2.12 bits per heavy atom. The number of benzene rings is 1. The summed E-state index contributed by atoms with van der Waals surface area (Å²) in [6.07, 6.45) is 4.80. The summed E-state index contributed by atoms with van der Waals surface area (Å²) in [5.74, 6) is 0.958. The van der Waals surface area contributed by atoms with E-state index < -0.39 is 0 Å². The fourth-order valence-corrected chi connectivity index (χ4v) is 4.26. The summed E-state index contributed by atoms with van der Waals surface area (Å²) in [6, 6.07) is 8.27. The maximum absolute atomic E-state index is 12.2. The number of aromatic nitrogens is 1. The number of unbranched alkanes of at least 4 members (excludes halogenated alkanes) is 1. The first-order valence-corrected chi connectivity index (χ1v) is 9.34. The summed E-state index contributed by atoms with van der Waals surface area (Å²) >= 11 is 1.77. The van der Waals surface area contributed by atoms with E-state index in [1.165, 1.54) is 9.71 Å². The van der Waals surface area contributed by atoms with Crippen molar-refractivity contribution in [2.45, 2.75) is 32.1 Å². The van der Waals surface area contributed by atoms with E-state index in [9.17, 15) is 4.79 Å². The molecule has 2 heterocycles. The number of hydrogen-bond acceptors (Lipinski definition) is 4. The van der Waals surface area contributed by atoms with Gasteiger partial charge in [-0.25, -0.2) is 4.98 Å². The minimum absolute atomic E-state index is 0. The topological polar surface area (TPSA) is 45.2 Å². The second-order valence-electron chi connectivity index (χ2n) is 6.33. The van der Waals surface area contributed by atoms with Gasteiger partial charge >= 0.3 is 0 Å². The number of halogens is 2. The lowest BCUT2D eigenvalue weighted by Crippen LogP contribution is -2.30. The van der Waals surface area contributed by atoms with E-state index in [1.54, 1.807) is 11.3 Å². The van der Waals surface area contributed by atoms with Crippen LogP contribution in [0.4, 0.5) is 0 Å². The number of nitrogens with zero attached hydrogens (tertiary/aromatic N) is 2. The summed E-state index contributed by atoms with van der Waals surface area (Å²) in [4.78, 5) is 18.9. The van der Waals surface area contributed by atoms with Crippen LogP contribution in [0.1, 0.15) is 30.7 Å². The SMILES string of the molecule is CNCC1CCN(C(=O)CCCCc2nc3ccccc3s2)C1.Cl.Cl. The second kappa shape index (κ2) is 11.0. The van der Waals surface area contributed by atoms with Gasteiger partial charge in [-0.1, -0.05) is 12.1 Å². The summed E-state index contributed by atoms with van der Waals surface area (Å²) < 4.78 is 1.26. The summed E-state index contributed by atoms with van der Waals surface area (Å²) in [5.41, 5.74) is 1.09. The molecule has 1 N–H and O–H groups in total. The van der Waals surface area contributed by atoms with Crippen LogP contribution in [0.25, 0.3) is 10.2 Å². The summed E-state index contributed by atoms with van der Waals surface area (Å²) in [5, 5.41) is 4.40. The maximum atomic E-state index is 12.2. The molecule has 0 spiro atoms. The van der Waals surface area contributed by atoms with Crippen LogP contribution in [0, 0.1) is 5.92 Å². The number of para-hydroxylation sites is 1. The van der Waals surface area contributed by atoms with Gasteiger partial charge in [0.15, 0.2) is 0 Å². The standard InChI is InChI=1S/C18H25N3OS.2ClH/c1-19-12-14-10-11-21(13-14)18(22)9-5-4-8-17-20-15-6-2-3-7-16(15)23-17;;/h2-3,6-7,14,19H,4-5,8-13H2,1H3;2*1H. The third-order valence-electron chi connectivity index (χ3n) is 4.50. The largest absolute Gasteiger partial charge is 0.342 e. The molecule has 7 heteroatoms. The molecule has 1 aliphatic rings. The van der Waals surface area contributed by atoms with Gasteiger partial charge in [0.2, 0.25) is 5.91 Å². The van der Waals surface area contributed by atoms with Gasteiger partial charge in [0.1, 0.15) is 0 Å². The number of rotatable bonds is 7. The van der Waals surface area contributed by atoms with Gasteiger partial charge in [-0.2, -0.15) is 0 Å². The highest BCUT2D eigenvalue weighted by molar-refractivity contribution is 7.18. The molecule has 1 unspecified atom stereocenters. The molecule has 25 heavy (non-hydrogen) atoms. The van der Waals surface area contributed by atoms with E-state index >= 15 is 0 Å². The van der Waals surface area contributed by atoms with Crippen molar-refractivity contribution in [2.24, 2.45) is 5.92 Å². The van der Waals surface area contributed by atoms with Crippen LogP contribution in [0.15, 0.2) is 24.3 Å². The first-order valence-electron chi connectivity index (χ1n) is 8.53. The third-order valence-corrected chi connectivity index (χ3v) is 5.60. The molecule has 4 nitrogen and oxygen atoms in total. The second-order valence-corrected chi connectivity index (χ2v) is 7.45. The molecule has 0 bridgehead atoms. The van der Waals surface area contributed by atoms with Crippen LogP contribution in [0.5, 0.6) is 0 Å². The van der Waals surface area contributed by atoms with Crippen molar-refractivity contribution >= 4 is 52.3 Å². The molecule has 2 aromatic rings. The number of aryl methyl sites for hydroxylation is 1. The van der Waals surface area contributed by atoms with Crippen molar-refractivity contribution < 1.29 is 4.79 Å². The number of amides is 1. The highest BCUT2D eigenvalue weighted by atomic mass is 35.5. The number of carbonyl (C=O) groups is 1. The Morgan fingerprint density at radius 1 is 1.32 bits per heavy atom. The van der Waals surface area contributed by atoms with Crippen LogP contribution in [0.2, 0.25) is 0 Å². The van der Waals surface area contributed by atoms with E-state index in [4.69, 9.17) is 0 Å². The lowest BCUT2D eigenvalue weighted by molar-refractivity contribution is -0.130. The number of hydrogen-bond donors (Lipinski definition) is 1. The van der Waals surface area contributed by atoms with Crippen molar-refractivity contribution in [3.63, 3.8) is 0 Å². The average Bonchev–Trinajstić information content (AvgIpc) is 3.18. The number of carbonyl (C=O) groups excluding carboxylic acids is 1. The van der Waals surface area contributed by atoms with Gasteiger partial charge in [0, 0.05) is 19.5 Å². The third kappa shape index (κ3) is 6.10. The number of nitrogens with one attached hydrogen (secondary N) is 1. The molecule has 1 saturated heterocycles. The molecule has 140 valence electrons. The van der Waals surface area contributed by atoms with Crippen LogP contribution < -0.4 is 5.32 Å². The molecular formula is C18H27Cl2N3OS. The Hall–Kier alpha value is -0.880. The zero-order valence-corrected chi connectivity index (χ0v) is 17.0. The molecule has 1 fully saturated rings. The number of fused-ring (bicyclic) bond motifs is 1. The lowest BCUT2D eigenvalue weighted by Gasteiger charge is -2.16. The Bertz CT molecular complexity index is 632. The van der Waals surface area contributed by atoms with Crippen molar-refractivity contribution in [3.8, 4) is 0 Å². The summed E-state index contributed by atoms with van der Waals surface area (Å²) in [6.45, 7) is 2.88. The van der Waals surface area contributed by atoms with Crippen LogP contribution in [-0.4, -0.2) is 42.5 Å². The molecule has 1 aromatic heterocycles. The molecule has 0 aliphatic carbocycles. The lowest BCUT2D eigenvalue weighted by atomic mass is 10.1. The van der Waals surface area contributed by atoms with Crippen molar-refractivity contribution in [2.75, 3.05) is 26.7 Å². The van der Waals surface area contributed by atoms with Crippen molar-refractivity contribution in [3.05, 3.63) is 29.3 Å². The fraction of sp³-hybridized carbons (Fsp3) is 0.556. The quantitative estimate of drug-likeness (QED) is 0.712. The van der Waals surface area contributed by atoms with E-state index in [0.29, 0.717) is 18.2 Å². The summed E-state index contributed by atoms with van der Waals surface area (Å²) in [7, 11) is 1.98. The van der Waals surface area contributed by atoms with Crippen molar-refractivity contribution in [1.82, 2.24) is 15.2 Å². The van der Waals surface area contributed by atoms with Gasteiger partial charge < -0.3 is 10.2 Å². The van der Waals surface area contributed by atoms with E-state index in [2.05, 4.69) is 28.5 Å². The van der Waals surface area contributed by atoms with Crippen molar-refractivity contribution in [1.29, 1.82) is 0 Å². The molecular weight excluding hydrogens is 377 g/mol. The predicted molar refractivity (Wildman–Crippen MR) is 110 cm³/mol. The number of likely N-dealkylation sites (tertiary alicyclic amines) is 1. The van der Waals surface area contributed by atoms with Crippen LogP contribution in [-0.2, 0) is 11.2 Å². The predicted octanol–water partition coefficient (Wildman–Crippen LogP) is 3.92. The zero-order valence-electron chi connectivity index (χ0n) is 14.6. The minimum Gasteiger partial charge on any atom is -0.342 e. The normalized spacial score (nSPS) is 16.5. The highest BCUT2D eigenvalue weighted by Gasteiger charge is 2.25. The number of thiazole rings is 1. The first-order chi connectivity index (χ1) is 11.3. The van der Waals surface area contributed by atoms with Gasteiger partial charge in [-0.3, -0.25) is 4.79 Å². The molecule has 0 radical (unpaired) electrons. The smallest absolute Gasteiger partial charge is 0.222 e. The van der Waals surface area contributed by atoms with Crippen LogP contribution in [0.3, 0.4) is 0 Å². The fourth-order valence-electron chi connectivity index (χ4n) is 3.25.